The largest absolute Gasteiger partial charge is 0.465 e. The monoisotopic (exact) mass is 360 g/mol. The van der Waals surface area contributed by atoms with Gasteiger partial charge in [0.1, 0.15) is 6.04 Å². The number of carbonyl (C=O) groups excluding carboxylic acids is 3. The van der Waals surface area contributed by atoms with Gasteiger partial charge in [-0.15, -0.1) is 11.3 Å². The summed E-state index contributed by atoms with van der Waals surface area (Å²) in [6.07, 6.45) is 0. The van der Waals surface area contributed by atoms with E-state index in [2.05, 4.69) is 15.4 Å². The molecule has 0 spiro atoms. The van der Waals surface area contributed by atoms with Gasteiger partial charge in [-0.1, -0.05) is 19.9 Å². The van der Waals surface area contributed by atoms with Crippen LogP contribution in [0.4, 0.5) is 5.69 Å². The number of benzene rings is 1. The van der Waals surface area contributed by atoms with E-state index in [4.69, 9.17) is 0 Å². The summed E-state index contributed by atoms with van der Waals surface area (Å²) in [7, 11) is 1.31. The molecule has 0 aliphatic heterocycles. The molecule has 1 aromatic heterocycles. The maximum Gasteiger partial charge on any atom is 0.337 e. The summed E-state index contributed by atoms with van der Waals surface area (Å²) in [6, 6.07) is 9.18. The number of ether oxygens (including phenoxy) is 1. The molecule has 1 aromatic carbocycles. The lowest BCUT2D eigenvalue weighted by Gasteiger charge is -2.21. The first-order chi connectivity index (χ1) is 11.9. The molecule has 2 amide bonds. The van der Waals surface area contributed by atoms with Gasteiger partial charge in [0.25, 0.3) is 5.91 Å². The van der Waals surface area contributed by atoms with Crippen molar-refractivity contribution in [2.24, 2.45) is 5.92 Å². The van der Waals surface area contributed by atoms with E-state index < -0.39 is 12.0 Å². The molecule has 0 bridgehead atoms. The summed E-state index contributed by atoms with van der Waals surface area (Å²) in [5.74, 6) is -1.12. The summed E-state index contributed by atoms with van der Waals surface area (Å²) in [5, 5.41) is 7.33. The molecule has 2 N–H and O–H groups in total. The SMILES string of the molecule is COC(=O)c1ccc(NC(=O)[C@H](NC(=O)c2cccs2)C(C)C)cc1. The molecule has 25 heavy (non-hydrogen) atoms. The van der Waals surface area contributed by atoms with Crippen LogP contribution in [0.2, 0.25) is 0 Å². The fourth-order valence-electron chi connectivity index (χ4n) is 2.18. The van der Waals surface area contributed by atoms with Crippen molar-refractivity contribution in [1.29, 1.82) is 0 Å². The number of hydrogen-bond donors (Lipinski definition) is 2. The lowest BCUT2D eigenvalue weighted by atomic mass is 10.0. The Labute approximate surface area is 150 Å². The summed E-state index contributed by atoms with van der Waals surface area (Å²) in [6.45, 7) is 3.72. The second-order valence-corrected chi connectivity index (χ2v) is 6.68. The standard InChI is InChI=1S/C18H20N2O4S/c1-11(2)15(20-16(21)14-5-4-10-25-14)17(22)19-13-8-6-12(7-9-13)18(23)24-3/h4-11,15H,1-3H3,(H,19,22)(H,20,21)/t15-/m1/s1. The van der Waals surface area contributed by atoms with Crippen LogP contribution in [0.3, 0.4) is 0 Å². The molecular weight excluding hydrogens is 340 g/mol. The Balaban J connectivity index is 2.05. The number of rotatable bonds is 6. The van der Waals surface area contributed by atoms with Crippen molar-refractivity contribution in [2.75, 3.05) is 12.4 Å². The molecule has 132 valence electrons. The van der Waals surface area contributed by atoms with Gasteiger partial charge in [0.15, 0.2) is 0 Å². The van der Waals surface area contributed by atoms with Crippen LogP contribution in [0.15, 0.2) is 41.8 Å². The van der Waals surface area contributed by atoms with Crippen molar-refractivity contribution in [2.45, 2.75) is 19.9 Å². The van der Waals surface area contributed by atoms with Crippen molar-refractivity contribution in [3.05, 3.63) is 52.2 Å². The van der Waals surface area contributed by atoms with Crippen LogP contribution >= 0.6 is 11.3 Å². The highest BCUT2D eigenvalue weighted by Crippen LogP contribution is 2.14. The number of thiophene rings is 1. The first-order valence-corrected chi connectivity index (χ1v) is 8.64. The fourth-order valence-corrected chi connectivity index (χ4v) is 2.81. The predicted octanol–water partition coefficient (Wildman–Crippen LogP) is 2.93. The minimum absolute atomic E-state index is 0.0849. The Bertz CT molecular complexity index is 739. The van der Waals surface area contributed by atoms with Gasteiger partial charge in [-0.25, -0.2) is 4.79 Å². The van der Waals surface area contributed by atoms with Crippen LogP contribution in [0.25, 0.3) is 0 Å². The van der Waals surface area contributed by atoms with Gasteiger partial charge in [0, 0.05) is 5.69 Å². The second-order valence-electron chi connectivity index (χ2n) is 5.73. The first-order valence-electron chi connectivity index (χ1n) is 7.76. The average molecular weight is 360 g/mol. The number of methoxy groups -OCH3 is 1. The average Bonchev–Trinajstić information content (AvgIpc) is 3.13. The third-order valence-corrected chi connectivity index (χ3v) is 4.42. The third kappa shape index (κ3) is 4.90. The van der Waals surface area contributed by atoms with Crippen LogP contribution in [-0.2, 0) is 9.53 Å². The summed E-state index contributed by atoms with van der Waals surface area (Å²) < 4.78 is 4.63. The first kappa shape index (κ1) is 18.7. The van der Waals surface area contributed by atoms with Gasteiger partial charge in [-0.2, -0.15) is 0 Å². The molecule has 0 unspecified atom stereocenters. The molecule has 0 radical (unpaired) electrons. The van der Waals surface area contributed by atoms with E-state index in [-0.39, 0.29) is 17.7 Å². The van der Waals surface area contributed by atoms with Crippen LogP contribution in [-0.4, -0.2) is 30.9 Å². The van der Waals surface area contributed by atoms with E-state index >= 15 is 0 Å². The van der Waals surface area contributed by atoms with Crippen LogP contribution < -0.4 is 10.6 Å². The molecule has 1 atom stereocenters. The van der Waals surface area contributed by atoms with E-state index in [0.717, 1.165) is 0 Å². The molecule has 0 aliphatic carbocycles. The molecule has 2 aromatic rings. The van der Waals surface area contributed by atoms with Crippen molar-refractivity contribution in [1.82, 2.24) is 5.32 Å². The normalized spacial score (nSPS) is 11.7. The Hall–Kier alpha value is -2.67. The van der Waals surface area contributed by atoms with Crippen molar-refractivity contribution < 1.29 is 19.1 Å². The minimum atomic E-state index is -0.671. The fraction of sp³-hybridized carbons (Fsp3) is 0.278. The predicted molar refractivity (Wildman–Crippen MR) is 96.8 cm³/mol. The molecule has 2 rings (SSSR count). The topological polar surface area (TPSA) is 84.5 Å². The zero-order chi connectivity index (χ0) is 18.4. The molecule has 7 heteroatoms. The molecular formula is C18H20N2O4S. The Morgan fingerprint density at radius 2 is 1.76 bits per heavy atom. The van der Waals surface area contributed by atoms with Gasteiger partial charge in [0.2, 0.25) is 5.91 Å². The lowest BCUT2D eigenvalue weighted by Crippen LogP contribution is -2.46. The maximum absolute atomic E-state index is 12.5. The zero-order valence-corrected chi connectivity index (χ0v) is 15.1. The Morgan fingerprint density at radius 3 is 2.28 bits per heavy atom. The summed E-state index contributed by atoms with van der Waals surface area (Å²) in [5.41, 5.74) is 0.931. The Kier molecular flexibility index (Phi) is 6.30. The van der Waals surface area contributed by atoms with E-state index in [1.807, 2.05) is 19.2 Å². The van der Waals surface area contributed by atoms with E-state index in [1.165, 1.54) is 18.4 Å². The minimum Gasteiger partial charge on any atom is -0.465 e. The number of hydrogen-bond acceptors (Lipinski definition) is 5. The highest BCUT2D eigenvalue weighted by molar-refractivity contribution is 7.12. The maximum atomic E-state index is 12.5. The molecule has 0 saturated heterocycles. The van der Waals surface area contributed by atoms with Crippen LogP contribution in [0.1, 0.15) is 33.9 Å². The van der Waals surface area contributed by atoms with E-state index in [9.17, 15) is 14.4 Å². The summed E-state index contributed by atoms with van der Waals surface area (Å²) >= 11 is 1.32. The number of carbonyl (C=O) groups is 3. The number of amides is 2. The highest BCUT2D eigenvalue weighted by atomic mass is 32.1. The Morgan fingerprint density at radius 1 is 1.08 bits per heavy atom. The van der Waals surface area contributed by atoms with Gasteiger partial charge < -0.3 is 15.4 Å². The number of anilines is 1. The molecule has 0 saturated carbocycles. The van der Waals surface area contributed by atoms with Crippen LogP contribution in [0, 0.1) is 5.92 Å². The van der Waals surface area contributed by atoms with E-state index in [0.29, 0.717) is 16.1 Å². The molecule has 0 aliphatic rings. The molecule has 6 nitrogen and oxygen atoms in total. The number of esters is 1. The lowest BCUT2D eigenvalue weighted by molar-refractivity contribution is -0.118. The van der Waals surface area contributed by atoms with Gasteiger partial charge in [-0.3, -0.25) is 9.59 Å². The van der Waals surface area contributed by atoms with Gasteiger partial charge >= 0.3 is 5.97 Å². The van der Waals surface area contributed by atoms with Crippen molar-refractivity contribution in [3.8, 4) is 0 Å². The summed E-state index contributed by atoms with van der Waals surface area (Å²) in [4.78, 5) is 36.7. The van der Waals surface area contributed by atoms with Gasteiger partial charge in [0.05, 0.1) is 17.6 Å². The van der Waals surface area contributed by atoms with Crippen LogP contribution in [0.5, 0.6) is 0 Å². The van der Waals surface area contributed by atoms with Crippen molar-refractivity contribution in [3.63, 3.8) is 0 Å². The van der Waals surface area contributed by atoms with Gasteiger partial charge in [-0.05, 0) is 41.6 Å². The van der Waals surface area contributed by atoms with E-state index in [1.54, 1.807) is 36.4 Å². The smallest absolute Gasteiger partial charge is 0.337 e. The zero-order valence-electron chi connectivity index (χ0n) is 14.2. The van der Waals surface area contributed by atoms with Crippen molar-refractivity contribution >= 4 is 34.8 Å². The highest BCUT2D eigenvalue weighted by Gasteiger charge is 2.25. The quantitative estimate of drug-likeness (QED) is 0.776. The molecule has 1 heterocycles. The number of nitrogens with one attached hydrogen (secondary N) is 2. The third-order valence-electron chi connectivity index (χ3n) is 3.55. The molecule has 0 fully saturated rings. The second kappa shape index (κ2) is 8.43.